The van der Waals surface area contributed by atoms with Crippen LogP contribution in [-0.2, 0) is 9.84 Å². The molecule has 4 nitrogen and oxygen atoms in total. The Morgan fingerprint density at radius 1 is 1.27 bits per heavy atom. The largest absolute Gasteiger partial charge is 0.319 e. The zero-order chi connectivity index (χ0) is 11.8. The third-order valence-corrected chi connectivity index (χ3v) is 4.30. The normalized spacial score (nSPS) is 12.7. The summed E-state index contributed by atoms with van der Waals surface area (Å²) in [5.41, 5.74) is 0.739. The van der Waals surface area contributed by atoms with Crippen molar-refractivity contribution in [3.05, 3.63) is 11.9 Å². The standard InChI is InChI=1S/C10H18N2O2S/c1-7(2)12-6-9(5)11-10(12)15(13,14)8(3)4/h6-8H,1-5H3. The maximum absolute atomic E-state index is 12.0. The molecule has 1 aromatic heterocycles. The molecule has 0 spiro atoms. The smallest absolute Gasteiger partial charge is 0.228 e. The van der Waals surface area contributed by atoms with Crippen LogP contribution in [-0.4, -0.2) is 23.2 Å². The van der Waals surface area contributed by atoms with Gasteiger partial charge in [0.25, 0.3) is 0 Å². The summed E-state index contributed by atoms with van der Waals surface area (Å²) < 4.78 is 25.7. The fourth-order valence-electron chi connectivity index (χ4n) is 1.29. The van der Waals surface area contributed by atoms with Crippen LogP contribution in [0.15, 0.2) is 11.4 Å². The SMILES string of the molecule is Cc1cn(C(C)C)c(S(=O)(=O)C(C)C)n1. The lowest BCUT2D eigenvalue weighted by atomic mass is 10.4. The van der Waals surface area contributed by atoms with Crippen molar-refractivity contribution in [3.8, 4) is 0 Å². The van der Waals surface area contributed by atoms with Gasteiger partial charge in [0.15, 0.2) is 0 Å². The van der Waals surface area contributed by atoms with Crippen LogP contribution in [0.2, 0.25) is 0 Å². The van der Waals surface area contributed by atoms with Crippen LogP contribution < -0.4 is 0 Å². The summed E-state index contributed by atoms with van der Waals surface area (Å²) in [5.74, 6) is 0. The molecule has 86 valence electrons. The molecule has 0 aliphatic heterocycles. The highest BCUT2D eigenvalue weighted by Gasteiger charge is 2.26. The van der Waals surface area contributed by atoms with Gasteiger partial charge in [-0.2, -0.15) is 0 Å². The number of hydrogen-bond acceptors (Lipinski definition) is 3. The van der Waals surface area contributed by atoms with Crippen LogP contribution in [0.25, 0.3) is 0 Å². The van der Waals surface area contributed by atoms with Crippen molar-refractivity contribution < 1.29 is 8.42 Å². The first kappa shape index (κ1) is 12.2. The summed E-state index contributed by atoms with van der Waals surface area (Å²) in [4.78, 5) is 4.10. The molecule has 0 amide bonds. The summed E-state index contributed by atoms with van der Waals surface area (Å²) in [6, 6.07) is 0.106. The van der Waals surface area contributed by atoms with Gasteiger partial charge in [-0.3, -0.25) is 0 Å². The topological polar surface area (TPSA) is 52.0 Å². The number of rotatable bonds is 3. The Balaban J connectivity index is 3.38. The highest BCUT2D eigenvalue weighted by Crippen LogP contribution is 2.19. The van der Waals surface area contributed by atoms with Crippen molar-refractivity contribution in [2.45, 2.75) is 51.1 Å². The van der Waals surface area contributed by atoms with Gasteiger partial charge in [0.1, 0.15) is 0 Å². The second kappa shape index (κ2) is 3.96. The number of imidazole rings is 1. The van der Waals surface area contributed by atoms with Gasteiger partial charge < -0.3 is 4.57 Å². The second-order valence-electron chi connectivity index (χ2n) is 4.26. The quantitative estimate of drug-likeness (QED) is 0.797. The first-order valence-corrected chi connectivity index (χ1v) is 6.60. The Bertz CT molecular complexity index is 444. The van der Waals surface area contributed by atoms with Gasteiger partial charge in [0.2, 0.25) is 15.0 Å². The number of nitrogens with zero attached hydrogens (tertiary/aromatic N) is 2. The van der Waals surface area contributed by atoms with E-state index in [9.17, 15) is 8.42 Å². The van der Waals surface area contributed by atoms with E-state index in [2.05, 4.69) is 4.98 Å². The van der Waals surface area contributed by atoms with Crippen molar-refractivity contribution in [2.24, 2.45) is 0 Å². The molecule has 0 bridgehead atoms. The van der Waals surface area contributed by atoms with E-state index in [1.54, 1.807) is 31.5 Å². The van der Waals surface area contributed by atoms with Crippen LogP contribution in [0.5, 0.6) is 0 Å². The van der Waals surface area contributed by atoms with Crippen molar-refractivity contribution in [3.63, 3.8) is 0 Å². The van der Waals surface area contributed by atoms with Crippen molar-refractivity contribution in [1.29, 1.82) is 0 Å². The zero-order valence-corrected chi connectivity index (χ0v) is 10.7. The molecule has 15 heavy (non-hydrogen) atoms. The van der Waals surface area contributed by atoms with Gasteiger partial charge in [-0.05, 0) is 34.6 Å². The summed E-state index contributed by atoms with van der Waals surface area (Å²) in [6.07, 6.45) is 1.78. The van der Waals surface area contributed by atoms with E-state index in [1.807, 2.05) is 13.8 Å². The van der Waals surface area contributed by atoms with E-state index in [0.29, 0.717) is 0 Å². The molecule has 1 heterocycles. The van der Waals surface area contributed by atoms with Crippen LogP contribution >= 0.6 is 0 Å². The highest BCUT2D eigenvalue weighted by atomic mass is 32.2. The highest BCUT2D eigenvalue weighted by molar-refractivity contribution is 7.91. The summed E-state index contributed by atoms with van der Waals surface area (Å²) in [5, 5.41) is -0.248. The predicted molar refractivity (Wildman–Crippen MR) is 59.7 cm³/mol. The molecular weight excluding hydrogens is 212 g/mol. The molecule has 0 atom stereocenters. The van der Waals surface area contributed by atoms with Gasteiger partial charge in [-0.15, -0.1) is 0 Å². The number of aromatic nitrogens is 2. The average molecular weight is 230 g/mol. The lowest BCUT2D eigenvalue weighted by molar-refractivity contribution is 0.516. The summed E-state index contributed by atoms with van der Waals surface area (Å²) >= 11 is 0. The van der Waals surface area contributed by atoms with Crippen molar-refractivity contribution >= 4 is 9.84 Å². The third-order valence-electron chi connectivity index (χ3n) is 2.25. The van der Waals surface area contributed by atoms with E-state index in [0.717, 1.165) is 5.69 Å². The van der Waals surface area contributed by atoms with E-state index in [1.165, 1.54) is 0 Å². The minimum Gasteiger partial charge on any atom is -0.319 e. The molecule has 1 rings (SSSR count). The monoisotopic (exact) mass is 230 g/mol. The van der Waals surface area contributed by atoms with Crippen LogP contribution in [0.3, 0.4) is 0 Å². The number of hydrogen-bond donors (Lipinski definition) is 0. The first-order valence-electron chi connectivity index (χ1n) is 5.06. The molecule has 0 N–H and O–H groups in total. The first-order chi connectivity index (χ1) is 6.76. The molecule has 5 heteroatoms. The molecule has 1 aromatic rings. The summed E-state index contributed by atoms with van der Waals surface area (Å²) in [7, 11) is -3.28. The Morgan fingerprint density at radius 2 is 1.80 bits per heavy atom. The lowest BCUT2D eigenvalue weighted by Crippen LogP contribution is -2.20. The maximum Gasteiger partial charge on any atom is 0.228 e. The molecule has 0 fully saturated rings. The molecular formula is C10H18N2O2S. The van der Waals surface area contributed by atoms with Gasteiger partial charge in [-0.1, -0.05) is 0 Å². The summed E-state index contributed by atoms with van der Waals surface area (Å²) in [6.45, 7) is 9.03. The Hall–Kier alpha value is -0.840. The van der Waals surface area contributed by atoms with E-state index < -0.39 is 15.1 Å². The van der Waals surface area contributed by atoms with Crippen LogP contribution in [0, 0.1) is 6.92 Å². The van der Waals surface area contributed by atoms with Crippen LogP contribution in [0.1, 0.15) is 39.4 Å². The molecule has 0 aliphatic rings. The van der Waals surface area contributed by atoms with Crippen LogP contribution in [0.4, 0.5) is 0 Å². The third kappa shape index (κ3) is 2.22. The van der Waals surface area contributed by atoms with Crippen molar-refractivity contribution in [1.82, 2.24) is 9.55 Å². The molecule has 0 aromatic carbocycles. The minimum absolute atomic E-state index is 0.106. The fraction of sp³-hybridized carbons (Fsp3) is 0.700. The van der Waals surface area contributed by atoms with E-state index >= 15 is 0 Å². The number of aryl methyl sites for hydroxylation is 1. The predicted octanol–water partition coefficient (Wildman–Crippen LogP) is 1.95. The lowest BCUT2D eigenvalue weighted by Gasteiger charge is -2.13. The fourth-order valence-corrected chi connectivity index (χ4v) is 2.54. The molecule has 0 saturated heterocycles. The van der Waals surface area contributed by atoms with E-state index in [-0.39, 0.29) is 11.2 Å². The minimum atomic E-state index is -3.28. The molecule has 0 saturated carbocycles. The van der Waals surface area contributed by atoms with Gasteiger partial charge >= 0.3 is 0 Å². The molecule has 0 unspecified atom stereocenters. The van der Waals surface area contributed by atoms with Gasteiger partial charge in [0.05, 0.1) is 10.9 Å². The average Bonchev–Trinajstić information content (AvgIpc) is 2.47. The second-order valence-corrected chi connectivity index (χ2v) is 6.66. The van der Waals surface area contributed by atoms with Gasteiger partial charge in [0, 0.05) is 12.2 Å². The number of sulfone groups is 1. The zero-order valence-electron chi connectivity index (χ0n) is 9.85. The Labute approximate surface area is 91.3 Å². The molecule has 0 radical (unpaired) electrons. The molecule has 0 aliphatic carbocycles. The maximum atomic E-state index is 12.0. The van der Waals surface area contributed by atoms with E-state index in [4.69, 9.17) is 0 Å². The van der Waals surface area contributed by atoms with Crippen molar-refractivity contribution in [2.75, 3.05) is 0 Å². The Morgan fingerprint density at radius 3 is 2.20 bits per heavy atom. The van der Waals surface area contributed by atoms with Gasteiger partial charge in [-0.25, -0.2) is 13.4 Å². The Kier molecular flexibility index (Phi) is 3.23.